The van der Waals surface area contributed by atoms with E-state index in [1.807, 2.05) is 24.9 Å². The van der Waals surface area contributed by atoms with Gasteiger partial charge < -0.3 is 10.6 Å². The molecule has 1 aromatic carbocycles. The van der Waals surface area contributed by atoms with E-state index in [4.69, 9.17) is 5.73 Å². The van der Waals surface area contributed by atoms with Crippen molar-refractivity contribution in [2.75, 3.05) is 11.9 Å². The first-order chi connectivity index (χ1) is 8.47. The third-order valence-electron chi connectivity index (χ3n) is 3.33. The van der Waals surface area contributed by atoms with Crippen molar-refractivity contribution in [3.05, 3.63) is 29.6 Å². The molecule has 18 heavy (non-hydrogen) atoms. The normalized spacial score (nSPS) is 14.3. The van der Waals surface area contributed by atoms with Gasteiger partial charge in [0.2, 0.25) is 0 Å². The zero-order valence-electron chi connectivity index (χ0n) is 11.9. The maximum absolute atomic E-state index is 14.1. The molecule has 2 atom stereocenters. The highest BCUT2D eigenvalue weighted by Gasteiger charge is 2.17. The van der Waals surface area contributed by atoms with Crippen molar-refractivity contribution in [3.63, 3.8) is 0 Å². The highest BCUT2D eigenvalue weighted by molar-refractivity contribution is 5.55. The molecule has 0 aliphatic heterocycles. The van der Waals surface area contributed by atoms with Crippen molar-refractivity contribution < 1.29 is 4.39 Å². The Labute approximate surface area is 110 Å². The van der Waals surface area contributed by atoms with E-state index in [-0.39, 0.29) is 11.9 Å². The molecule has 0 bridgehead atoms. The fourth-order valence-electron chi connectivity index (χ4n) is 2.30. The van der Waals surface area contributed by atoms with E-state index < -0.39 is 0 Å². The second-order valence-corrected chi connectivity index (χ2v) is 5.18. The molecule has 1 aromatic rings. The molecule has 0 aliphatic carbocycles. The summed E-state index contributed by atoms with van der Waals surface area (Å²) in [6, 6.07) is 5.63. The van der Waals surface area contributed by atoms with E-state index in [0.29, 0.717) is 18.2 Å². The van der Waals surface area contributed by atoms with Gasteiger partial charge >= 0.3 is 0 Å². The van der Waals surface area contributed by atoms with Crippen LogP contribution in [0.4, 0.5) is 10.1 Å². The maximum atomic E-state index is 14.1. The van der Waals surface area contributed by atoms with E-state index >= 15 is 0 Å². The fraction of sp³-hybridized carbons (Fsp3) is 0.600. The minimum absolute atomic E-state index is 0.0421. The molecule has 0 saturated heterocycles. The number of hydrogen-bond acceptors (Lipinski definition) is 2. The van der Waals surface area contributed by atoms with Gasteiger partial charge in [0.1, 0.15) is 5.82 Å². The molecule has 1 rings (SSSR count). The second-order valence-electron chi connectivity index (χ2n) is 5.18. The summed E-state index contributed by atoms with van der Waals surface area (Å²) in [5.41, 5.74) is 7.54. The highest BCUT2D eigenvalue weighted by Crippen LogP contribution is 2.27. The lowest BCUT2D eigenvalue weighted by molar-refractivity contribution is 0.577. The molecule has 2 nitrogen and oxygen atoms in total. The third-order valence-corrected chi connectivity index (χ3v) is 3.33. The summed E-state index contributed by atoms with van der Waals surface area (Å²) in [5.74, 6) is -0.154. The average molecular weight is 252 g/mol. The first kappa shape index (κ1) is 15.0. The van der Waals surface area contributed by atoms with Gasteiger partial charge in [-0.2, -0.15) is 0 Å². The van der Waals surface area contributed by atoms with Crippen LogP contribution in [-0.2, 0) is 6.42 Å². The molecule has 0 saturated carbocycles. The van der Waals surface area contributed by atoms with Crippen LogP contribution < -0.4 is 10.6 Å². The predicted molar refractivity (Wildman–Crippen MR) is 76.5 cm³/mol. The Morgan fingerprint density at radius 1 is 1.33 bits per heavy atom. The van der Waals surface area contributed by atoms with Gasteiger partial charge in [-0.05, 0) is 38.3 Å². The summed E-state index contributed by atoms with van der Waals surface area (Å²) in [5, 5.41) is 0. The van der Waals surface area contributed by atoms with Crippen LogP contribution in [0.3, 0.4) is 0 Å². The molecule has 0 amide bonds. The van der Waals surface area contributed by atoms with Crippen LogP contribution in [0, 0.1) is 5.82 Å². The Morgan fingerprint density at radius 3 is 2.56 bits per heavy atom. The van der Waals surface area contributed by atoms with Gasteiger partial charge in [-0.3, -0.25) is 0 Å². The Bertz CT molecular complexity index is 377. The summed E-state index contributed by atoms with van der Waals surface area (Å²) in [7, 11) is 1.96. The van der Waals surface area contributed by atoms with Gasteiger partial charge in [0.15, 0.2) is 0 Å². The molecule has 102 valence electrons. The van der Waals surface area contributed by atoms with Gasteiger partial charge in [0.25, 0.3) is 0 Å². The van der Waals surface area contributed by atoms with Crippen LogP contribution in [0.25, 0.3) is 0 Å². The van der Waals surface area contributed by atoms with Crippen molar-refractivity contribution in [1.82, 2.24) is 0 Å². The number of para-hydroxylation sites is 1. The van der Waals surface area contributed by atoms with Gasteiger partial charge in [-0.1, -0.05) is 25.5 Å². The van der Waals surface area contributed by atoms with Gasteiger partial charge in [0.05, 0.1) is 5.69 Å². The number of hydrogen-bond donors (Lipinski definition) is 1. The van der Waals surface area contributed by atoms with Crippen LogP contribution in [0.5, 0.6) is 0 Å². The molecule has 0 aromatic heterocycles. The Balaban J connectivity index is 3.04. The summed E-state index contributed by atoms with van der Waals surface area (Å²) < 4.78 is 14.1. The Hall–Kier alpha value is -1.09. The fourth-order valence-corrected chi connectivity index (χ4v) is 2.30. The summed E-state index contributed by atoms with van der Waals surface area (Å²) in [4.78, 5) is 2.04. The average Bonchev–Trinajstić information content (AvgIpc) is 2.28. The monoisotopic (exact) mass is 252 g/mol. The zero-order valence-corrected chi connectivity index (χ0v) is 11.9. The maximum Gasteiger partial charge on any atom is 0.146 e. The minimum Gasteiger partial charge on any atom is -0.369 e. The molecule has 0 spiro atoms. The van der Waals surface area contributed by atoms with Crippen molar-refractivity contribution in [2.24, 2.45) is 5.73 Å². The summed E-state index contributed by atoms with van der Waals surface area (Å²) >= 11 is 0. The molecule has 2 unspecified atom stereocenters. The third kappa shape index (κ3) is 3.70. The largest absolute Gasteiger partial charge is 0.369 e. The van der Waals surface area contributed by atoms with Crippen molar-refractivity contribution >= 4 is 5.69 Å². The van der Waals surface area contributed by atoms with E-state index in [2.05, 4.69) is 13.8 Å². The highest BCUT2D eigenvalue weighted by atomic mass is 19.1. The van der Waals surface area contributed by atoms with Crippen LogP contribution in [0.15, 0.2) is 18.2 Å². The lowest BCUT2D eigenvalue weighted by Crippen LogP contribution is -2.31. The Morgan fingerprint density at radius 2 is 2.00 bits per heavy atom. The van der Waals surface area contributed by atoms with Gasteiger partial charge in [0, 0.05) is 19.1 Å². The van der Waals surface area contributed by atoms with Crippen LogP contribution >= 0.6 is 0 Å². The molecule has 0 radical (unpaired) electrons. The van der Waals surface area contributed by atoms with Crippen molar-refractivity contribution in [2.45, 2.75) is 52.1 Å². The smallest absolute Gasteiger partial charge is 0.146 e. The van der Waals surface area contributed by atoms with Crippen molar-refractivity contribution in [3.8, 4) is 0 Å². The van der Waals surface area contributed by atoms with Gasteiger partial charge in [-0.15, -0.1) is 0 Å². The molecular weight excluding hydrogens is 227 g/mol. The molecule has 0 aliphatic rings. The SMILES string of the molecule is CCCC(C)N(C)c1c(F)cccc1CC(C)N. The quantitative estimate of drug-likeness (QED) is 0.841. The van der Waals surface area contributed by atoms with E-state index in [1.54, 1.807) is 6.07 Å². The number of halogens is 1. The lowest BCUT2D eigenvalue weighted by Gasteiger charge is -2.29. The molecule has 0 fully saturated rings. The first-order valence-corrected chi connectivity index (χ1v) is 6.73. The molecule has 0 heterocycles. The first-order valence-electron chi connectivity index (χ1n) is 6.73. The number of anilines is 1. The van der Waals surface area contributed by atoms with Crippen LogP contribution in [-0.4, -0.2) is 19.1 Å². The number of nitrogens with zero attached hydrogens (tertiary/aromatic N) is 1. The summed E-state index contributed by atoms with van der Waals surface area (Å²) in [6.45, 7) is 6.23. The van der Waals surface area contributed by atoms with E-state index in [0.717, 1.165) is 18.4 Å². The lowest BCUT2D eigenvalue weighted by atomic mass is 10.0. The number of nitrogens with two attached hydrogens (primary N) is 1. The minimum atomic E-state index is -0.154. The van der Waals surface area contributed by atoms with E-state index in [9.17, 15) is 4.39 Å². The standard InChI is InChI=1S/C15H25FN2/c1-5-7-12(3)18(4)15-13(10-11(2)17)8-6-9-14(15)16/h6,8-9,11-12H,5,7,10,17H2,1-4H3. The number of rotatable bonds is 6. The number of benzene rings is 1. The van der Waals surface area contributed by atoms with Crippen LogP contribution in [0.2, 0.25) is 0 Å². The molecule has 3 heteroatoms. The van der Waals surface area contributed by atoms with Crippen LogP contribution in [0.1, 0.15) is 39.2 Å². The molecule has 2 N–H and O–H groups in total. The van der Waals surface area contributed by atoms with Gasteiger partial charge in [-0.25, -0.2) is 4.39 Å². The zero-order chi connectivity index (χ0) is 13.7. The van der Waals surface area contributed by atoms with E-state index in [1.165, 1.54) is 6.07 Å². The molecular formula is C15H25FN2. The topological polar surface area (TPSA) is 29.3 Å². The van der Waals surface area contributed by atoms with Crippen molar-refractivity contribution in [1.29, 1.82) is 0 Å². The second kappa shape index (κ2) is 6.74. The summed E-state index contributed by atoms with van der Waals surface area (Å²) in [6.07, 6.45) is 2.86. The predicted octanol–water partition coefficient (Wildman–Crippen LogP) is 3.34. The Kier molecular flexibility index (Phi) is 5.60.